The summed E-state index contributed by atoms with van der Waals surface area (Å²) >= 11 is 0. The molecule has 0 N–H and O–H groups in total. The predicted molar refractivity (Wildman–Crippen MR) is 186 cm³/mol. The van der Waals surface area contributed by atoms with Crippen LogP contribution >= 0.6 is 0 Å². The molecule has 2 aliphatic heterocycles. The second-order valence-corrected chi connectivity index (χ2v) is 13.6. The smallest absolute Gasteiger partial charge is 0.247 e. The Morgan fingerprint density at radius 1 is 0.381 bits per heavy atom. The molecule has 0 aliphatic carbocycles. The van der Waals surface area contributed by atoms with Crippen LogP contribution in [-0.4, -0.2) is 18.0 Å². The standard InChI is InChI=1S/C39H37B2N/c1-20-10-25(6)35(26(7)11-20)40-31-16-22(3)14-29-30-15-23(4)17-32-38(30)42(37(29)31)39-33(40)18-24(5)19-34(39)41(32)36-27(8)12-21(2)13-28(36)9/h10-19H,1-9H3. The van der Waals surface area contributed by atoms with Gasteiger partial charge in [0.25, 0.3) is 0 Å². The van der Waals surface area contributed by atoms with Crippen molar-refractivity contribution in [3.8, 4) is 5.69 Å². The molecule has 0 bridgehead atoms. The van der Waals surface area contributed by atoms with Gasteiger partial charge in [-0.15, -0.1) is 0 Å². The molecule has 5 aromatic carbocycles. The van der Waals surface area contributed by atoms with Crippen molar-refractivity contribution in [2.24, 2.45) is 0 Å². The Balaban J connectivity index is 1.63. The summed E-state index contributed by atoms with van der Waals surface area (Å²) in [4.78, 5) is 0. The maximum atomic E-state index is 2.67. The number of aryl methyl sites for hydroxylation is 9. The Morgan fingerprint density at radius 3 is 1.07 bits per heavy atom. The summed E-state index contributed by atoms with van der Waals surface area (Å²) in [6.45, 7) is 21.0. The van der Waals surface area contributed by atoms with Crippen LogP contribution in [0, 0.1) is 62.3 Å². The van der Waals surface area contributed by atoms with Crippen LogP contribution in [0.1, 0.15) is 50.1 Å². The van der Waals surface area contributed by atoms with Crippen LogP contribution in [0.25, 0.3) is 27.5 Å². The molecule has 1 nitrogen and oxygen atoms in total. The summed E-state index contributed by atoms with van der Waals surface area (Å²) in [6.07, 6.45) is 0. The molecule has 6 aromatic rings. The number of benzene rings is 5. The number of aromatic nitrogens is 1. The Hall–Kier alpha value is -3.97. The number of hydrogen-bond acceptors (Lipinski definition) is 0. The van der Waals surface area contributed by atoms with Gasteiger partial charge in [0.2, 0.25) is 13.4 Å². The predicted octanol–water partition coefficient (Wildman–Crippen LogP) is 5.22. The largest absolute Gasteiger partial charge is 0.311 e. The zero-order valence-corrected chi connectivity index (χ0v) is 26.4. The molecule has 0 fully saturated rings. The molecule has 3 heterocycles. The summed E-state index contributed by atoms with van der Waals surface area (Å²) in [5.74, 6) is 0. The second-order valence-electron chi connectivity index (χ2n) is 13.6. The highest BCUT2D eigenvalue weighted by Crippen LogP contribution is 2.36. The SMILES string of the molecule is Cc1cc(C)c(B2c3cc(C)cc4c3-n3c5c2cc(C)cc5c2cc(C)cc(c23)B4c2c(C)cc(C)cc2C)c(C)c1. The molecule has 42 heavy (non-hydrogen) atoms. The van der Waals surface area contributed by atoms with Crippen molar-refractivity contribution in [3.63, 3.8) is 0 Å². The summed E-state index contributed by atoms with van der Waals surface area (Å²) in [5, 5.41) is 2.79. The van der Waals surface area contributed by atoms with E-state index in [2.05, 4.69) is 128 Å². The number of rotatable bonds is 2. The molecule has 8 rings (SSSR count). The first-order valence-corrected chi connectivity index (χ1v) is 15.4. The van der Waals surface area contributed by atoms with Crippen molar-refractivity contribution in [2.75, 3.05) is 0 Å². The van der Waals surface area contributed by atoms with Crippen molar-refractivity contribution in [1.82, 2.24) is 4.57 Å². The lowest BCUT2D eigenvalue weighted by molar-refractivity contribution is 1.19. The van der Waals surface area contributed by atoms with Gasteiger partial charge >= 0.3 is 0 Å². The summed E-state index contributed by atoms with van der Waals surface area (Å²) in [7, 11) is 0. The monoisotopic (exact) mass is 541 g/mol. The van der Waals surface area contributed by atoms with Crippen LogP contribution in [-0.2, 0) is 0 Å². The van der Waals surface area contributed by atoms with Crippen LogP contribution < -0.4 is 32.8 Å². The van der Waals surface area contributed by atoms with Gasteiger partial charge in [-0.3, -0.25) is 0 Å². The van der Waals surface area contributed by atoms with E-state index in [1.807, 2.05) is 0 Å². The van der Waals surface area contributed by atoms with Gasteiger partial charge in [0, 0.05) is 27.5 Å². The lowest BCUT2D eigenvalue weighted by Gasteiger charge is -2.36. The third-order valence-corrected chi connectivity index (χ3v) is 10.1. The van der Waals surface area contributed by atoms with Crippen molar-refractivity contribution >= 4 is 68.0 Å². The van der Waals surface area contributed by atoms with Crippen molar-refractivity contribution in [2.45, 2.75) is 62.3 Å². The maximum absolute atomic E-state index is 2.67. The van der Waals surface area contributed by atoms with Gasteiger partial charge < -0.3 is 4.57 Å². The first-order chi connectivity index (χ1) is 20.0. The summed E-state index contributed by atoms with van der Waals surface area (Å²) in [6, 6.07) is 24.3. The summed E-state index contributed by atoms with van der Waals surface area (Å²) < 4.78 is 2.67. The van der Waals surface area contributed by atoms with Gasteiger partial charge in [-0.1, -0.05) is 110 Å². The fourth-order valence-electron chi connectivity index (χ4n) is 9.08. The number of hydrogen-bond donors (Lipinski definition) is 0. The van der Waals surface area contributed by atoms with Crippen molar-refractivity contribution < 1.29 is 0 Å². The van der Waals surface area contributed by atoms with E-state index in [1.165, 1.54) is 110 Å². The maximum Gasteiger partial charge on any atom is 0.247 e. The Kier molecular flexibility index (Phi) is 5.23. The van der Waals surface area contributed by atoms with E-state index >= 15 is 0 Å². The van der Waals surface area contributed by atoms with Crippen LogP contribution in [0.5, 0.6) is 0 Å². The van der Waals surface area contributed by atoms with Gasteiger partial charge in [0.05, 0.1) is 0 Å². The van der Waals surface area contributed by atoms with E-state index in [9.17, 15) is 0 Å². The van der Waals surface area contributed by atoms with Crippen LogP contribution in [0.2, 0.25) is 0 Å². The molecule has 0 atom stereocenters. The molecule has 0 radical (unpaired) electrons. The summed E-state index contributed by atoms with van der Waals surface area (Å²) in [5.41, 5.74) is 25.2. The normalized spacial score (nSPS) is 13.3. The highest BCUT2D eigenvalue weighted by Gasteiger charge is 2.43. The minimum absolute atomic E-state index is 0.196. The Morgan fingerprint density at radius 2 is 0.690 bits per heavy atom. The average Bonchev–Trinajstić information content (AvgIpc) is 3.20. The lowest BCUT2D eigenvalue weighted by atomic mass is 9.30. The van der Waals surface area contributed by atoms with E-state index in [1.54, 1.807) is 0 Å². The fraction of sp³-hybridized carbons (Fsp3) is 0.231. The number of nitrogens with zero attached hydrogens (tertiary/aromatic N) is 1. The molecule has 2 aliphatic rings. The van der Waals surface area contributed by atoms with E-state index in [4.69, 9.17) is 0 Å². The van der Waals surface area contributed by atoms with Crippen molar-refractivity contribution in [3.05, 3.63) is 111 Å². The van der Waals surface area contributed by atoms with Gasteiger partial charge in [-0.25, -0.2) is 0 Å². The highest BCUT2D eigenvalue weighted by molar-refractivity contribution is 7.02. The quantitative estimate of drug-likeness (QED) is 0.265. The van der Waals surface area contributed by atoms with Gasteiger partial charge in [-0.05, 0) is 96.3 Å². The molecule has 204 valence electrons. The van der Waals surface area contributed by atoms with Crippen molar-refractivity contribution in [1.29, 1.82) is 0 Å². The highest BCUT2D eigenvalue weighted by atomic mass is 15.0. The Labute approximate surface area is 250 Å². The zero-order valence-electron chi connectivity index (χ0n) is 26.4. The second kappa shape index (κ2) is 8.54. The first kappa shape index (κ1) is 25.7. The van der Waals surface area contributed by atoms with E-state index in [0.717, 1.165) is 0 Å². The van der Waals surface area contributed by atoms with E-state index in [0.29, 0.717) is 0 Å². The molecule has 3 heteroatoms. The lowest BCUT2D eigenvalue weighted by Crippen LogP contribution is -2.64. The third-order valence-electron chi connectivity index (χ3n) is 10.1. The minimum atomic E-state index is 0.196. The molecule has 0 unspecified atom stereocenters. The van der Waals surface area contributed by atoms with Gasteiger partial charge in [0.1, 0.15) is 0 Å². The topological polar surface area (TPSA) is 4.93 Å². The van der Waals surface area contributed by atoms with E-state index < -0.39 is 0 Å². The molecular formula is C39H37B2N. The molecule has 0 saturated heterocycles. The average molecular weight is 541 g/mol. The molecule has 0 spiro atoms. The fourth-order valence-corrected chi connectivity index (χ4v) is 9.08. The minimum Gasteiger partial charge on any atom is -0.311 e. The van der Waals surface area contributed by atoms with Gasteiger partial charge in [0.15, 0.2) is 0 Å². The van der Waals surface area contributed by atoms with Crippen LogP contribution in [0.15, 0.2) is 60.7 Å². The Bertz CT molecular complexity index is 2000. The number of fused-ring (bicyclic) bond motifs is 1. The van der Waals surface area contributed by atoms with Gasteiger partial charge in [-0.2, -0.15) is 0 Å². The molecular weight excluding hydrogens is 504 g/mol. The third kappa shape index (κ3) is 3.28. The molecule has 0 amide bonds. The first-order valence-electron chi connectivity index (χ1n) is 15.4. The van der Waals surface area contributed by atoms with Crippen LogP contribution in [0.3, 0.4) is 0 Å². The molecule has 0 saturated carbocycles. The van der Waals surface area contributed by atoms with E-state index in [-0.39, 0.29) is 13.4 Å². The van der Waals surface area contributed by atoms with Crippen LogP contribution in [0.4, 0.5) is 0 Å². The zero-order chi connectivity index (χ0) is 29.4. The molecule has 1 aromatic heterocycles.